The zero-order chi connectivity index (χ0) is 16.0. The van der Waals surface area contributed by atoms with Crippen molar-refractivity contribution in [2.24, 2.45) is 0 Å². The van der Waals surface area contributed by atoms with Gasteiger partial charge < -0.3 is 0 Å². The highest BCUT2D eigenvalue weighted by Crippen LogP contribution is 2.53. The molecule has 0 spiro atoms. The summed E-state index contributed by atoms with van der Waals surface area (Å²) in [4.78, 5) is -0.842. The summed E-state index contributed by atoms with van der Waals surface area (Å²) in [5.41, 5.74) is -7.47. The highest BCUT2D eigenvalue weighted by molar-refractivity contribution is 7.90. The van der Waals surface area contributed by atoms with E-state index in [-0.39, 0.29) is 12.1 Å². The molecule has 0 bridgehead atoms. The minimum atomic E-state index is -6.28. The molecule has 1 rings (SSSR count). The molecule has 10 heteroatoms. The Morgan fingerprint density at radius 2 is 1.35 bits per heavy atom. The van der Waals surface area contributed by atoms with Gasteiger partial charge in [0.2, 0.25) is 0 Å². The van der Waals surface area contributed by atoms with Crippen LogP contribution < -0.4 is 0 Å². The molecule has 0 heterocycles. The maximum absolute atomic E-state index is 13.7. The van der Waals surface area contributed by atoms with Crippen LogP contribution in [0.5, 0.6) is 0 Å². The lowest BCUT2D eigenvalue weighted by Gasteiger charge is -2.30. The third-order valence-corrected chi connectivity index (χ3v) is 3.55. The van der Waals surface area contributed by atoms with Gasteiger partial charge in [0, 0.05) is 11.8 Å². The molecule has 0 radical (unpaired) electrons. The molecule has 2 nitrogen and oxygen atoms in total. The van der Waals surface area contributed by atoms with Gasteiger partial charge in [0.05, 0.1) is 4.90 Å². The summed E-state index contributed by atoms with van der Waals surface area (Å²) in [5.74, 6) is 0. The first-order chi connectivity index (χ1) is 8.71. The van der Waals surface area contributed by atoms with Gasteiger partial charge >= 0.3 is 18.0 Å². The van der Waals surface area contributed by atoms with Crippen LogP contribution in [0.25, 0.3) is 0 Å². The molecule has 0 saturated heterocycles. The third-order valence-electron chi connectivity index (χ3n) is 2.44. The van der Waals surface area contributed by atoms with E-state index < -0.39 is 38.3 Å². The van der Waals surface area contributed by atoms with Gasteiger partial charge in [-0.25, -0.2) is 12.8 Å². The molecule has 0 N–H and O–H groups in total. The number of benzene rings is 1. The fourth-order valence-electron chi connectivity index (χ4n) is 1.43. The predicted octanol–water partition coefficient (Wildman–Crippen LogP) is 3.38. The summed E-state index contributed by atoms with van der Waals surface area (Å²) in [6.45, 7) is 0. The summed E-state index contributed by atoms with van der Waals surface area (Å²) >= 11 is 0. The standard InChI is InChI=1S/C10H7F7O2S/c1-20(18,19)7-4-2-3-6(5-7)8(11,9(12,13)14)10(15,16)17/h2-5H,1H3. The fraction of sp³-hybridized carbons (Fsp3) is 0.400. The number of hydrogen-bond acceptors (Lipinski definition) is 2. The van der Waals surface area contributed by atoms with Crippen LogP contribution in [0, 0.1) is 0 Å². The van der Waals surface area contributed by atoms with Gasteiger partial charge in [-0.15, -0.1) is 0 Å². The summed E-state index contributed by atoms with van der Waals surface area (Å²) in [6.07, 6.45) is -12.0. The first-order valence-corrected chi connectivity index (χ1v) is 6.73. The molecule has 1 aromatic rings. The lowest BCUT2D eigenvalue weighted by atomic mass is 9.94. The molecule has 0 atom stereocenters. The number of rotatable bonds is 2. The lowest BCUT2D eigenvalue weighted by molar-refractivity contribution is -0.348. The Morgan fingerprint density at radius 1 is 0.900 bits per heavy atom. The van der Waals surface area contributed by atoms with Crippen LogP contribution in [0.1, 0.15) is 5.56 Å². The van der Waals surface area contributed by atoms with Gasteiger partial charge in [-0.05, 0) is 12.1 Å². The zero-order valence-electron chi connectivity index (χ0n) is 9.68. The molecule has 0 aliphatic heterocycles. The van der Waals surface area contributed by atoms with Crippen molar-refractivity contribution in [3.05, 3.63) is 29.8 Å². The Labute approximate surface area is 109 Å². The van der Waals surface area contributed by atoms with Crippen molar-refractivity contribution in [2.75, 3.05) is 6.26 Å². The van der Waals surface area contributed by atoms with Crippen molar-refractivity contribution in [2.45, 2.75) is 22.9 Å². The Kier molecular flexibility index (Phi) is 3.85. The van der Waals surface area contributed by atoms with Crippen molar-refractivity contribution in [3.63, 3.8) is 0 Å². The average molecular weight is 324 g/mol. The maximum atomic E-state index is 13.7. The third kappa shape index (κ3) is 2.74. The van der Waals surface area contributed by atoms with Crippen LogP contribution in [0.15, 0.2) is 29.2 Å². The first kappa shape index (κ1) is 16.7. The van der Waals surface area contributed by atoms with Gasteiger partial charge in [0.15, 0.2) is 9.84 Å². The average Bonchev–Trinajstić information content (AvgIpc) is 2.24. The number of sulfone groups is 1. The largest absolute Gasteiger partial charge is 0.435 e. The molecule has 0 aliphatic carbocycles. The van der Waals surface area contributed by atoms with Crippen LogP contribution in [-0.2, 0) is 15.5 Å². The lowest BCUT2D eigenvalue weighted by Crippen LogP contribution is -2.50. The topological polar surface area (TPSA) is 34.1 Å². The van der Waals surface area contributed by atoms with Gasteiger partial charge in [-0.1, -0.05) is 12.1 Å². The molecule has 0 saturated carbocycles. The van der Waals surface area contributed by atoms with E-state index in [0.29, 0.717) is 12.3 Å². The molecule has 20 heavy (non-hydrogen) atoms. The Balaban J connectivity index is 3.62. The second-order valence-corrected chi connectivity index (χ2v) is 5.97. The molecular formula is C10H7F7O2S. The SMILES string of the molecule is CS(=O)(=O)c1cccc(C(F)(C(F)(F)F)C(F)(F)F)c1. The highest BCUT2D eigenvalue weighted by Gasteiger charge is 2.73. The monoisotopic (exact) mass is 324 g/mol. The van der Waals surface area contributed by atoms with Gasteiger partial charge in [0.25, 0.3) is 0 Å². The van der Waals surface area contributed by atoms with Gasteiger partial charge in [-0.3, -0.25) is 0 Å². The molecule has 1 aromatic carbocycles. The smallest absolute Gasteiger partial charge is 0.224 e. The highest BCUT2D eigenvalue weighted by atomic mass is 32.2. The first-order valence-electron chi connectivity index (χ1n) is 4.84. The number of halogens is 7. The quantitative estimate of drug-likeness (QED) is 0.782. The van der Waals surface area contributed by atoms with Gasteiger partial charge in [-0.2, -0.15) is 26.3 Å². The van der Waals surface area contributed by atoms with Crippen molar-refractivity contribution >= 4 is 9.84 Å². The molecular weight excluding hydrogens is 317 g/mol. The Hall–Kier alpha value is -1.32. The summed E-state index contributed by atoms with van der Waals surface area (Å²) in [7, 11) is -4.08. The van der Waals surface area contributed by atoms with Gasteiger partial charge in [0.1, 0.15) is 0 Å². The Morgan fingerprint density at radius 3 is 1.70 bits per heavy atom. The van der Waals surface area contributed by atoms with Crippen molar-refractivity contribution < 1.29 is 39.2 Å². The van der Waals surface area contributed by atoms with Crippen LogP contribution in [0.2, 0.25) is 0 Å². The number of hydrogen-bond donors (Lipinski definition) is 0. The summed E-state index contributed by atoms with van der Waals surface area (Å²) < 4.78 is 111. The van der Waals surface area contributed by atoms with Crippen LogP contribution >= 0.6 is 0 Å². The minimum Gasteiger partial charge on any atom is -0.224 e. The van der Waals surface area contributed by atoms with E-state index in [2.05, 4.69) is 0 Å². The van der Waals surface area contributed by atoms with Crippen LogP contribution in [0.4, 0.5) is 30.7 Å². The van der Waals surface area contributed by atoms with E-state index in [1.807, 2.05) is 0 Å². The van der Waals surface area contributed by atoms with E-state index in [0.717, 1.165) is 6.07 Å². The normalized spacial score (nSPS) is 14.4. The van der Waals surface area contributed by atoms with Crippen LogP contribution in [-0.4, -0.2) is 27.0 Å². The second kappa shape index (κ2) is 4.61. The molecule has 0 aliphatic rings. The zero-order valence-corrected chi connectivity index (χ0v) is 10.5. The van der Waals surface area contributed by atoms with Crippen LogP contribution in [0.3, 0.4) is 0 Å². The second-order valence-electron chi connectivity index (χ2n) is 3.95. The number of alkyl halides is 7. The van der Waals surface area contributed by atoms with E-state index in [1.54, 1.807) is 0 Å². The minimum absolute atomic E-state index is 0.0241. The summed E-state index contributed by atoms with van der Waals surface area (Å²) in [6, 6.07) is 1.63. The molecule has 114 valence electrons. The fourth-order valence-corrected chi connectivity index (χ4v) is 2.10. The predicted molar refractivity (Wildman–Crippen MR) is 54.4 cm³/mol. The summed E-state index contributed by atoms with van der Waals surface area (Å²) in [5, 5.41) is 0. The van der Waals surface area contributed by atoms with E-state index in [1.165, 1.54) is 0 Å². The molecule has 0 fully saturated rings. The maximum Gasteiger partial charge on any atom is 0.435 e. The van der Waals surface area contributed by atoms with Crippen molar-refractivity contribution in [3.8, 4) is 0 Å². The van der Waals surface area contributed by atoms with Crippen molar-refractivity contribution in [1.29, 1.82) is 0 Å². The van der Waals surface area contributed by atoms with E-state index >= 15 is 0 Å². The molecule has 0 aromatic heterocycles. The Bertz CT molecular complexity index is 587. The van der Waals surface area contributed by atoms with E-state index in [4.69, 9.17) is 0 Å². The molecule has 0 amide bonds. The van der Waals surface area contributed by atoms with E-state index in [9.17, 15) is 39.2 Å². The van der Waals surface area contributed by atoms with Crippen molar-refractivity contribution in [1.82, 2.24) is 0 Å². The molecule has 0 unspecified atom stereocenters.